The van der Waals surface area contributed by atoms with Gasteiger partial charge in [0.2, 0.25) is 0 Å². The van der Waals surface area contributed by atoms with Gasteiger partial charge in [0.25, 0.3) is 0 Å². The molecule has 0 saturated carbocycles. The van der Waals surface area contributed by atoms with Crippen molar-refractivity contribution in [2.24, 2.45) is 0 Å². The van der Waals surface area contributed by atoms with E-state index in [-0.39, 0.29) is 22.0 Å². The van der Waals surface area contributed by atoms with Gasteiger partial charge in [-0.25, -0.2) is 37.3 Å². The van der Waals surface area contributed by atoms with Crippen molar-refractivity contribution in [2.45, 2.75) is 0 Å². The van der Waals surface area contributed by atoms with Crippen LogP contribution in [0.15, 0.2) is 0 Å². The summed E-state index contributed by atoms with van der Waals surface area (Å²) in [4.78, 5) is 0. The second-order valence-corrected chi connectivity index (χ2v) is 2.27. The van der Waals surface area contributed by atoms with E-state index in [9.17, 15) is 0 Å². The van der Waals surface area contributed by atoms with Crippen LogP contribution < -0.4 is 37.3 Å². The van der Waals surface area contributed by atoms with Gasteiger partial charge < -0.3 is 5.48 Å². The van der Waals surface area contributed by atoms with E-state index in [0.29, 0.717) is 0 Å². The van der Waals surface area contributed by atoms with Crippen molar-refractivity contribution in [3.8, 4) is 0 Å². The molecule has 0 aliphatic heterocycles. The number of hydrogen-bond acceptors (Lipinski definition) is 8. The predicted octanol–water partition coefficient (Wildman–Crippen LogP) is -10.3. The van der Waals surface area contributed by atoms with Gasteiger partial charge in [-0.1, -0.05) is 0 Å². The van der Waals surface area contributed by atoms with E-state index in [2.05, 4.69) is 0 Å². The Morgan fingerprint density at radius 3 is 0.500 bits per heavy atom. The molecule has 0 rings (SSSR count). The molecule has 0 bridgehead atoms. The standard InChI is InChI=1S/2ClHO4.Ni.H2O/c2*2-1(3,4)5;;/h2*(H,2,3,4,5);;1H2/q;;+2;/p-2. The monoisotopic (exact) mass is 274 g/mol. The topological polar surface area (TPSA) is 216 Å². The van der Waals surface area contributed by atoms with Gasteiger partial charge in [0.15, 0.2) is 0 Å². The van der Waals surface area contributed by atoms with Crippen molar-refractivity contribution in [2.75, 3.05) is 0 Å². The molecule has 0 atom stereocenters. The van der Waals surface area contributed by atoms with Crippen molar-refractivity contribution in [1.82, 2.24) is 0 Å². The van der Waals surface area contributed by atoms with Crippen LogP contribution in [0.1, 0.15) is 0 Å². The van der Waals surface area contributed by atoms with Crippen LogP contribution in [-0.2, 0) is 16.5 Å². The summed E-state index contributed by atoms with van der Waals surface area (Å²) in [6, 6.07) is 0. The summed E-state index contributed by atoms with van der Waals surface area (Å²) in [5.74, 6) is 0. The summed E-state index contributed by atoms with van der Waals surface area (Å²) in [7, 11) is -9.89. The summed E-state index contributed by atoms with van der Waals surface area (Å²) < 4.78 is 67.9. The Morgan fingerprint density at radius 2 is 0.500 bits per heavy atom. The van der Waals surface area contributed by atoms with E-state index in [0.717, 1.165) is 0 Å². The maximum Gasteiger partial charge on any atom is 2.00 e. The second-order valence-electron chi connectivity index (χ2n) is 0.756. The van der Waals surface area contributed by atoms with Gasteiger partial charge in [-0.2, -0.15) is 0 Å². The first-order valence-corrected chi connectivity index (χ1v) is 3.70. The van der Waals surface area contributed by atoms with Crippen molar-refractivity contribution < 1.29 is 79.7 Å². The predicted molar refractivity (Wildman–Crippen MR) is 3.61 cm³/mol. The fraction of sp³-hybridized carbons (Fsp3) is 0. The molecule has 12 heteroatoms. The average Bonchev–Trinajstić information content (AvgIpc) is 1.12. The summed E-state index contributed by atoms with van der Waals surface area (Å²) in [6.07, 6.45) is 0. The minimum absolute atomic E-state index is 0. The van der Waals surface area contributed by atoms with Crippen LogP contribution in [0.4, 0.5) is 0 Å². The second kappa shape index (κ2) is 8.32. The molecule has 0 aliphatic rings. The Kier molecular flexibility index (Phi) is 15.9. The summed E-state index contributed by atoms with van der Waals surface area (Å²) in [6.45, 7) is 0. The molecule has 0 spiro atoms. The van der Waals surface area contributed by atoms with Gasteiger partial charge in [0.1, 0.15) is 0 Å². The molecular formula is H2Cl2NiO9. The van der Waals surface area contributed by atoms with E-state index in [1.54, 1.807) is 0 Å². The van der Waals surface area contributed by atoms with Gasteiger partial charge in [0.05, 0.1) is 0 Å². The third-order valence-electron chi connectivity index (χ3n) is 0. The first kappa shape index (κ1) is 23.0. The molecule has 0 unspecified atom stereocenters. The molecule has 0 aromatic carbocycles. The number of rotatable bonds is 0. The Labute approximate surface area is 80.2 Å². The Balaban J connectivity index is -0.0000000457. The van der Waals surface area contributed by atoms with Crippen molar-refractivity contribution in [3.63, 3.8) is 0 Å². The SMILES string of the molecule is O.[Ni+2].[O-][Cl+3]([O-])([O-])[O-].[O-][Cl+3]([O-])([O-])[O-]. The van der Waals surface area contributed by atoms with Crippen LogP contribution in [0.3, 0.4) is 0 Å². The first-order chi connectivity index (χ1) is 4.00. The molecule has 0 amide bonds. The van der Waals surface area contributed by atoms with Crippen LogP contribution in [-0.4, -0.2) is 5.48 Å². The summed E-state index contributed by atoms with van der Waals surface area (Å²) in [5.41, 5.74) is 0. The molecule has 80 valence electrons. The van der Waals surface area contributed by atoms with Gasteiger partial charge in [-0.15, -0.1) is 20.5 Å². The zero-order valence-electron chi connectivity index (χ0n) is 4.84. The maximum atomic E-state index is 8.49. The third kappa shape index (κ3) is 1990. The van der Waals surface area contributed by atoms with E-state index in [1.807, 2.05) is 0 Å². The average molecular weight is 276 g/mol. The minimum Gasteiger partial charge on any atom is -0.412 e. The largest absolute Gasteiger partial charge is 2.00 e. The van der Waals surface area contributed by atoms with Crippen LogP contribution >= 0.6 is 0 Å². The minimum atomic E-state index is -4.94. The van der Waals surface area contributed by atoms with Crippen LogP contribution in [0.2, 0.25) is 0 Å². The van der Waals surface area contributed by atoms with Crippen molar-refractivity contribution in [3.05, 3.63) is 0 Å². The smallest absolute Gasteiger partial charge is 0.412 e. The third-order valence-corrected chi connectivity index (χ3v) is 0. The fourth-order valence-electron chi connectivity index (χ4n) is 0. The van der Waals surface area contributed by atoms with E-state index >= 15 is 0 Å². The molecule has 0 aliphatic carbocycles. The fourth-order valence-corrected chi connectivity index (χ4v) is 0. The van der Waals surface area contributed by atoms with E-state index in [1.165, 1.54) is 0 Å². The molecule has 0 saturated heterocycles. The molecular weight excluding hydrogens is 274 g/mol. The van der Waals surface area contributed by atoms with Crippen molar-refractivity contribution >= 4 is 0 Å². The molecule has 0 fully saturated rings. The Bertz CT molecular complexity index is 55.5. The number of halogens is 2. The van der Waals surface area contributed by atoms with Crippen LogP contribution in [0, 0.1) is 20.5 Å². The van der Waals surface area contributed by atoms with Gasteiger partial charge in [-0.05, 0) is 0 Å². The number of hydrogen-bond donors (Lipinski definition) is 0. The zero-order valence-corrected chi connectivity index (χ0v) is 7.34. The molecule has 0 heterocycles. The molecule has 12 heavy (non-hydrogen) atoms. The molecule has 0 aromatic heterocycles. The molecule has 2 N–H and O–H groups in total. The normalized spacial score (nSPS) is 10.0. The van der Waals surface area contributed by atoms with E-state index < -0.39 is 20.5 Å². The Hall–Kier alpha value is 0.714. The maximum absolute atomic E-state index is 8.49. The van der Waals surface area contributed by atoms with Crippen LogP contribution in [0.25, 0.3) is 0 Å². The van der Waals surface area contributed by atoms with Crippen LogP contribution in [0.5, 0.6) is 0 Å². The molecule has 0 aromatic rings. The quantitative estimate of drug-likeness (QED) is 0.385. The summed E-state index contributed by atoms with van der Waals surface area (Å²) >= 11 is 0. The van der Waals surface area contributed by atoms with Crippen molar-refractivity contribution in [1.29, 1.82) is 0 Å². The molecule has 9 nitrogen and oxygen atoms in total. The first-order valence-electron chi connectivity index (χ1n) is 1.23. The van der Waals surface area contributed by atoms with Gasteiger partial charge in [-0.3, -0.25) is 0 Å². The Morgan fingerprint density at radius 1 is 0.500 bits per heavy atom. The van der Waals surface area contributed by atoms with Gasteiger partial charge >= 0.3 is 16.5 Å². The summed E-state index contributed by atoms with van der Waals surface area (Å²) in [5, 5.41) is 0. The zero-order chi connectivity index (χ0) is 9.00. The van der Waals surface area contributed by atoms with Gasteiger partial charge in [0, 0.05) is 0 Å². The van der Waals surface area contributed by atoms with E-state index in [4.69, 9.17) is 37.3 Å². The molecule has 0 radical (unpaired) electrons.